The number of hydrogen-bond donors (Lipinski definition) is 0. The van der Waals surface area contributed by atoms with Crippen LogP contribution in [-0.4, -0.2) is 8.75 Å². The molecule has 0 N–H and O–H groups in total. The summed E-state index contributed by atoms with van der Waals surface area (Å²) >= 11 is 1.37. The van der Waals surface area contributed by atoms with E-state index < -0.39 is 0 Å². The maximum Gasteiger partial charge on any atom is 0.135 e. The molecule has 274 valence electrons. The van der Waals surface area contributed by atoms with Gasteiger partial charge >= 0.3 is 0 Å². The molecule has 0 radical (unpaired) electrons. The van der Waals surface area contributed by atoms with Gasteiger partial charge in [-0.15, -0.1) is 0 Å². The molecule has 2 heterocycles. The summed E-state index contributed by atoms with van der Waals surface area (Å²) in [5, 5.41) is 0. The molecule has 0 atom stereocenters. The molecule has 7 rings (SSSR count). The SMILES string of the molecule is CCCCCCCCC1(CCCCCCCC)Oc2cc(C(C)(C)C3CC3)ccc2-c2ccc(-c3ccc(C(C)(C)C4CC4)c4nsnc34)cc21. The molecule has 2 aliphatic carbocycles. The van der Waals surface area contributed by atoms with Gasteiger partial charge in [0.2, 0.25) is 0 Å². The number of hydrogen-bond acceptors (Lipinski definition) is 4. The highest BCUT2D eigenvalue weighted by molar-refractivity contribution is 7.00. The van der Waals surface area contributed by atoms with Crippen LogP contribution in [0.4, 0.5) is 0 Å². The Bertz CT molecular complexity index is 1780. The average Bonchev–Trinajstić information content (AvgIpc) is 4.08. The summed E-state index contributed by atoms with van der Waals surface area (Å²) in [6, 6.07) is 19.2. The predicted molar refractivity (Wildman–Crippen MR) is 218 cm³/mol. The molecule has 2 fully saturated rings. The highest BCUT2D eigenvalue weighted by Crippen LogP contribution is 2.54. The molecular formula is C47H64N2OS. The van der Waals surface area contributed by atoms with E-state index in [0.717, 1.165) is 41.5 Å². The fourth-order valence-electron chi connectivity index (χ4n) is 9.38. The molecule has 0 bridgehead atoms. The quantitative estimate of drug-likeness (QED) is 0.0912. The first-order valence-electron chi connectivity index (χ1n) is 20.9. The van der Waals surface area contributed by atoms with Gasteiger partial charge in [-0.2, -0.15) is 8.75 Å². The molecule has 4 heteroatoms. The van der Waals surface area contributed by atoms with Crippen molar-refractivity contribution in [3.63, 3.8) is 0 Å². The van der Waals surface area contributed by atoms with Crippen molar-refractivity contribution in [2.75, 3.05) is 0 Å². The molecule has 3 nitrogen and oxygen atoms in total. The van der Waals surface area contributed by atoms with Gasteiger partial charge in [-0.1, -0.05) is 142 Å². The van der Waals surface area contributed by atoms with Crippen molar-refractivity contribution in [1.29, 1.82) is 0 Å². The minimum Gasteiger partial charge on any atom is -0.482 e. The van der Waals surface area contributed by atoms with E-state index in [1.807, 2.05) is 0 Å². The van der Waals surface area contributed by atoms with Crippen molar-refractivity contribution in [3.8, 4) is 28.0 Å². The van der Waals surface area contributed by atoms with Gasteiger partial charge in [-0.05, 0) is 108 Å². The van der Waals surface area contributed by atoms with Gasteiger partial charge < -0.3 is 4.74 Å². The molecule has 3 aromatic carbocycles. The Hall–Kier alpha value is -2.72. The fourth-order valence-corrected chi connectivity index (χ4v) is 9.96. The van der Waals surface area contributed by atoms with E-state index in [1.54, 1.807) is 0 Å². The van der Waals surface area contributed by atoms with E-state index >= 15 is 0 Å². The van der Waals surface area contributed by atoms with Gasteiger partial charge in [-0.3, -0.25) is 0 Å². The number of rotatable bonds is 19. The lowest BCUT2D eigenvalue weighted by atomic mass is 9.74. The summed E-state index contributed by atoms with van der Waals surface area (Å²) in [5.74, 6) is 2.63. The second-order valence-electron chi connectivity index (χ2n) is 17.7. The van der Waals surface area contributed by atoms with Crippen LogP contribution in [0, 0.1) is 11.8 Å². The Labute approximate surface area is 313 Å². The summed E-state index contributed by atoms with van der Waals surface area (Å²) < 4.78 is 17.4. The zero-order valence-corrected chi connectivity index (χ0v) is 33.5. The lowest BCUT2D eigenvalue weighted by molar-refractivity contribution is 0.0384. The second kappa shape index (κ2) is 15.3. The Balaban J connectivity index is 1.30. The first-order chi connectivity index (χ1) is 24.7. The zero-order chi connectivity index (χ0) is 35.6. The predicted octanol–water partition coefficient (Wildman–Crippen LogP) is 14.5. The third-order valence-electron chi connectivity index (χ3n) is 13.3. The monoisotopic (exact) mass is 704 g/mol. The van der Waals surface area contributed by atoms with Crippen LogP contribution in [0.2, 0.25) is 0 Å². The van der Waals surface area contributed by atoms with Crippen LogP contribution in [0.15, 0.2) is 48.5 Å². The lowest BCUT2D eigenvalue weighted by Crippen LogP contribution is -2.36. The van der Waals surface area contributed by atoms with E-state index in [0.29, 0.717) is 0 Å². The summed E-state index contributed by atoms with van der Waals surface area (Å²) in [7, 11) is 0. The summed E-state index contributed by atoms with van der Waals surface area (Å²) in [4.78, 5) is 0. The number of unbranched alkanes of at least 4 members (excludes halogenated alkanes) is 10. The van der Waals surface area contributed by atoms with E-state index in [4.69, 9.17) is 13.5 Å². The third-order valence-corrected chi connectivity index (χ3v) is 13.8. The maximum atomic E-state index is 7.57. The summed E-state index contributed by atoms with van der Waals surface area (Å²) in [6.45, 7) is 14.3. The van der Waals surface area contributed by atoms with Crippen LogP contribution < -0.4 is 4.74 Å². The normalized spacial score (nSPS) is 17.0. The van der Waals surface area contributed by atoms with Crippen molar-refractivity contribution in [1.82, 2.24) is 8.75 Å². The van der Waals surface area contributed by atoms with E-state index in [-0.39, 0.29) is 16.4 Å². The fraction of sp³-hybridized carbons (Fsp3) is 0.617. The third kappa shape index (κ3) is 7.55. The second-order valence-corrected chi connectivity index (χ2v) is 18.2. The Kier molecular flexibility index (Phi) is 11.0. The van der Waals surface area contributed by atoms with E-state index in [2.05, 4.69) is 90.1 Å². The number of aromatic nitrogens is 2. The molecular weight excluding hydrogens is 641 g/mol. The average molecular weight is 705 g/mol. The molecule has 1 aliphatic heterocycles. The largest absolute Gasteiger partial charge is 0.482 e. The number of benzene rings is 3. The van der Waals surface area contributed by atoms with Gasteiger partial charge in [0, 0.05) is 16.7 Å². The van der Waals surface area contributed by atoms with Gasteiger partial charge in [0.15, 0.2) is 0 Å². The standard InChI is InChI=1S/C47H64N2OS/c1-7-9-11-13-15-17-29-47(30-18-16-14-12-10-8-2)41-31-33(37-27-28-40(44-43(37)48-51-49-44)46(5,6)35-22-23-35)19-25-38(41)39-26-24-36(32-42(39)50-47)45(3,4)34-20-21-34/h19,24-28,31-32,34-35H,7-18,20-23,29-30H2,1-6H3. The molecule has 4 aromatic rings. The first kappa shape index (κ1) is 36.6. The van der Waals surface area contributed by atoms with Crippen molar-refractivity contribution in [2.24, 2.45) is 11.8 Å². The van der Waals surface area contributed by atoms with Gasteiger partial charge in [-0.25, -0.2) is 0 Å². The van der Waals surface area contributed by atoms with Gasteiger partial charge in [0.05, 0.1) is 11.7 Å². The van der Waals surface area contributed by atoms with Crippen molar-refractivity contribution < 1.29 is 4.74 Å². The van der Waals surface area contributed by atoms with Gasteiger partial charge in [0.25, 0.3) is 0 Å². The summed E-state index contributed by atoms with van der Waals surface area (Å²) in [6.07, 6.45) is 23.0. The highest BCUT2D eigenvalue weighted by atomic mass is 32.1. The van der Waals surface area contributed by atoms with Crippen LogP contribution in [0.1, 0.15) is 174 Å². The van der Waals surface area contributed by atoms with Crippen LogP contribution in [0.5, 0.6) is 5.75 Å². The zero-order valence-electron chi connectivity index (χ0n) is 32.7. The van der Waals surface area contributed by atoms with Crippen molar-refractivity contribution in [2.45, 2.75) is 174 Å². The Morgan fingerprint density at radius 1 is 0.627 bits per heavy atom. The van der Waals surface area contributed by atoms with Crippen LogP contribution in [-0.2, 0) is 16.4 Å². The number of nitrogens with zero attached hydrogens (tertiary/aromatic N) is 2. The molecule has 2 saturated carbocycles. The first-order valence-corrected chi connectivity index (χ1v) is 21.7. The minimum absolute atomic E-state index is 0.121. The number of ether oxygens (including phenoxy) is 1. The molecule has 1 aromatic heterocycles. The molecule has 0 unspecified atom stereocenters. The van der Waals surface area contributed by atoms with Gasteiger partial charge in [0.1, 0.15) is 22.4 Å². The highest BCUT2D eigenvalue weighted by Gasteiger charge is 2.44. The minimum atomic E-state index is -0.330. The number of fused-ring (bicyclic) bond motifs is 4. The van der Waals surface area contributed by atoms with Crippen LogP contribution in [0.3, 0.4) is 0 Å². The Morgan fingerprint density at radius 2 is 1.20 bits per heavy atom. The lowest BCUT2D eigenvalue weighted by Gasteiger charge is -2.42. The smallest absolute Gasteiger partial charge is 0.135 e. The van der Waals surface area contributed by atoms with E-state index in [1.165, 1.54) is 153 Å². The molecule has 0 saturated heterocycles. The topological polar surface area (TPSA) is 35.0 Å². The van der Waals surface area contributed by atoms with Crippen molar-refractivity contribution in [3.05, 3.63) is 65.2 Å². The van der Waals surface area contributed by atoms with Crippen LogP contribution >= 0.6 is 11.7 Å². The Morgan fingerprint density at radius 3 is 1.84 bits per heavy atom. The molecule has 51 heavy (non-hydrogen) atoms. The molecule has 3 aliphatic rings. The molecule has 0 amide bonds. The van der Waals surface area contributed by atoms with E-state index in [9.17, 15) is 0 Å². The molecule has 0 spiro atoms. The van der Waals surface area contributed by atoms with Crippen molar-refractivity contribution >= 4 is 22.8 Å². The summed E-state index contributed by atoms with van der Waals surface area (Å²) in [5.41, 5.74) is 11.4. The maximum absolute atomic E-state index is 7.57. The van der Waals surface area contributed by atoms with Crippen LogP contribution in [0.25, 0.3) is 33.3 Å².